The summed E-state index contributed by atoms with van der Waals surface area (Å²) in [6.07, 6.45) is 11.9. The molecule has 0 unspecified atom stereocenters. The van der Waals surface area contributed by atoms with Crippen molar-refractivity contribution in [2.75, 3.05) is 0 Å². The van der Waals surface area contributed by atoms with Gasteiger partial charge in [0.2, 0.25) is 0 Å². The Morgan fingerprint density at radius 3 is 1.42 bits per heavy atom. The topological polar surface area (TPSA) is 0 Å². The molecule has 4 rings (SSSR count). The SMILES string of the molecule is C1=CC=C(C(c2ccccc2)(c2ccccc2)c2ccccc2)CC=C1. The molecule has 0 radical (unpaired) electrons. The Kier molecular flexibility index (Phi) is 4.66. The number of hydrogen-bond acceptors (Lipinski definition) is 0. The predicted octanol–water partition coefficient (Wildman–Crippen LogP) is 6.46. The van der Waals surface area contributed by atoms with Gasteiger partial charge in [0.25, 0.3) is 0 Å². The van der Waals surface area contributed by atoms with E-state index in [-0.39, 0.29) is 5.41 Å². The molecule has 0 atom stereocenters. The minimum Gasteiger partial charge on any atom is -0.0804 e. The van der Waals surface area contributed by atoms with Crippen LogP contribution in [0.25, 0.3) is 0 Å². The Labute approximate surface area is 155 Å². The third-order valence-corrected chi connectivity index (χ3v) is 5.10. The second-order valence-electron chi connectivity index (χ2n) is 6.56. The fourth-order valence-corrected chi connectivity index (χ4v) is 3.98. The molecular formula is C26H22. The molecule has 0 saturated heterocycles. The maximum atomic E-state index is 2.28. The highest BCUT2D eigenvalue weighted by Crippen LogP contribution is 2.46. The van der Waals surface area contributed by atoms with Crippen LogP contribution in [0.4, 0.5) is 0 Å². The highest BCUT2D eigenvalue weighted by atomic mass is 14.4. The van der Waals surface area contributed by atoms with Crippen molar-refractivity contribution in [3.05, 3.63) is 144 Å². The Morgan fingerprint density at radius 2 is 0.962 bits per heavy atom. The van der Waals surface area contributed by atoms with Crippen LogP contribution in [-0.4, -0.2) is 0 Å². The van der Waals surface area contributed by atoms with Gasteiger partial charge in [-0.15, -0.1) is 0 Å². The fourth-order valence-electron chi connectivity index (χ4n) is 3.98. The van der Waals surface area contributed by atoms with Crippen molar-refractivity contribution in [2.45, 2.75) is 11.8 Å². The highest BCUT2D eigenvalue weighted by molar-refractivity contribution is 5.59. The number of hydrogen-bond donors (Lipinski definition) is 0. The maximum Gasteiger partial charge on any atom is 0.0667 e. The van der Waals surface area contributed by atoms with E-state index >= 15 is 0 Å². The van der Waals surface area contributed by atoms with Gasteiger partial charge >= 0.3 is 0 Å². The Hall–Kier alpha value is -3.12. The molecule has 0 fully saturated rings. The quantitative estimate of drug-likeness (QED) is 0.480. The van der Waals surface area contributed by atoms with Crippen molar-refractivity contribution in [1.82, 2.24) is 0 Å². The lowest BCUT2D eigenvalue weighted by Gasteiger charge is -2.38. The minimum atomic E-state index is -0.303. The van der Waals surface area contributed by atoms with Crippen molar-refractivity contribution < 1.29 is 0 Å². The predicted molar refractivity (Wildman–Crippen MR) is 110 cm³/mol. The zero-order valence-corrected chi connectivity index (χ0v) is 14.8. The molecule has 0 heteroatoms. The second-order valence-corrected chi connectivity index (χ2v) is 6.56. The summed E-state index contributed by atoms with van der Waals surface area (Å²) in [5.74, 6) is 0. The van der Waals surface area contributed by atoms with E-state index in [1.165, 1.54) is 22.3 Å². The van der Waals surface area contributed by atoms with Crippen LogP contribution in [0.15, 0.2) is 127 Å². The van der Waals surface area contributed by atoms with Crippen LogP contribution in [0.2, 0.25) is 0 Å². The molecule has 1 aliphatic carbocycles. The first kappa shape index (κ1) is 16.4. The lowest BCUT2D eigenvalue weighted by atomic mass is 9.64. The molecule has 0 spiro atoms. The monoisotopic (exact) mass is 334 g/mol. The zero-order chi connectivity index (χ0) is 17.7. The summed E-state index contributed by atoms with van der Waals surface area (Å²) in [5, 5.41) is 0. The van der Waals surface area contributed by atoms with E-state index in [0.717, 1.165) is 6.42 Å². The standard InChI is InChI=1S/C26H22/c1-2-7-15-22(14-6-1)26(23-16-8-3-9-17-23,24-18-10-4-11-19-24)25-20-12-5-13-21-25/h1-14,16-21H,15H2. The lowest BCUT2D eigenvalue weighted by Crippen LogP contribution is -2.31. The van der Waals surface area contributed by atoms with Gasteiger partial charge in [0.1, 0.15) is 0 Å². The van der Waals surface area contributed by atoms with Crippen molar-refractivity contribution in [1.29, 1.82) is 0 Å². The van der Waals surface area contributed by atoms with Crippen LogP contribution in [0.3, 0.4) is 0 Å². The fraction of sp³-hybridized carbons (Fsp3) is 0.0769. The molecule has 26 heavy (non-hydrogen) atoms. The number of allylic oxidation sites excluding steroid dienone is 6. The molecule has 0 nitrogen and oxygen atoms in total. The second kappa shape index (κ2) is 7.41. The molecule has 1 aliphatic rings. The van der Waals surface area contributed by atoms with E-state index < -0.39 is 0 Å². The van der Waals surface area contributed by atoms with E-state index in [0.29, 0.717) is 0 Å². The molecule has 126 valence electrons. The first-order chi connectivity index (χ1) is 12.9. The summed E-state index contributed by atoms with van der Waals surface area (Å²) in [6.45, 7) is 0. The molecule has 0 aliphatic heterocycles. The summed E-state index contributed by atoms with van der Waals surface area (Å²) in [6, 6.07) is 32.6. The smallest absolute Gasteiger partial charge is 0.0667 e. The summed E-state index contributed by atoms with van der Waals surface area (Å²) in [7, 11) is 0. The van der Waals surface area contributed by atoms with Gasteiger partial charge in [0.05, 0.1) is 5.41 Å². The highest BCUT2D eigenvalue weighted by Gasteiger charge is 2.39. The van der Waals surface area contributed by atoms with Gasteiger partial charge in [0.15, 0.2) is 0 Å². The largest absolute Gasteiger partial charge is 0.0804 e. The summed E-state index contributed by atoms with van der Waals surface area (Å²) in [4.78, 5) is 0. The van der Waals surface area contributed by atoms with Crippen LogP contribution in [0.5, 0.6) is 0 Å². The normalized spacial score (nSPS) is 13.9. The van der Waals surface area contributed by atoms with Crippen LogP contribution in [0, 0.1) is 0 Å². The number of benzene rings is 3. The van der Waals surface area contributed by atoms with Gasteiger partial charge < -0.3 is 0 Å². The van der Waals surface area contributed by atoms with Crippen molar-refractivity contribution in [2.24, 2.45) is 0 Å². The van der Waals surface area contributed by atoms with Gasteiger partial charge in [-0.2, -0.15) is 0 Å². The Morgan fingerprint density at radius 1 is 0.500 bits per heavy atom. The molecule has 0 N–H and O–H groups in total. The molecule has 3 aromatic rings. The number of rotatable bonds is 4. The summed E-state index contributed by atoms with van der Waals surface area (Å²) < 4.78 is 0. The first-order valence-electron chi connectivity index (χ1n) is 9.12. The van der Waals surface area contributed by atoms with E-state index in [9.17, 15) is 0 Å². The van der Waals surface area contributed by atoms with Crippen molar-refractivity contribution in [3.63, 3.8) is 0 Å². The third kappa shape index (κ3) is 2.84. The van der Waals surface area contributed by atoms with Crippen LogP contribution in [-0.2, 0) is 5.41 Å². The van der Waals surface area contributed by atoms with Gasteiger partial charge in [0, 0.05) is 0 Å². The molecule has 0 bridgehead atoms. The molecule has 3 aromatic carbocycles. The van der Waals surface area contributed by atoms with E-state index in [4.69, 9.17) is 0 Å². The van der Waals surface area contributed by atoms with Gasteiger partial charge in [-0.05, 0) is 28.7 Å². The van der Waals surface area contributed by atoms with E-state index in [1.54, 1.807) is 0 Å². The average molecular weight is 334 g/mol. The Bertz CT molecular complexity index is 832. The van der Waals surface area contributed by atoms with Gasteiger partial charge in [-0.1, -0.05) is 121 Å². The van der Waals surface area contributed by atoms with E-state index in [1.807, 2.05) is 0 Å². The van der Waals surface area contributed by atoms with Crippen molar-refractivity contribution in [3.8, 4) is 0 Å². The van der Waals surface area contributed by atoms with Crippen molar-refractivity contribution >= 4 is 0 Å². The van der Waals surface area contributed by atoms with Crippen LogP contribution >= 0.6 is 0 Å². The lowest BCUT2D eigenvalue weighted by molar-refractivity contribution is 0.707. The van der Waals surface area contributed by atoms with Crippen LogP contribution in [0.1, 0.15) is 23.1 Å². The maximum absolute atomic E-state index is 2.28. The zero-order valence-electron chi connectivity index (χ0n) is 14.8. The van der Waals surface area contributed by atoms with Crippen LogP contribution < -0.4 is 0 Å². The molecular weight excluding hydrogens is 312 g/mol. The minimum absolute atomic E-state index is 0.303. The average Bonchev–Trinajstić information content (AvgIpc) is 3.01. The van der Waals surface area contributed by atoms with Gasteiger partial charge in [-0.3, -0.25) is 0 Å². The summed E-state index contributed by atoms with van der Waals surface area (Å²) >= 11 is 0. The summed E-state index contributed by atoms with van der Waals surface area (Å²) in [5.41, 5.74) is 4.97. The Balaban J connectivity index is 2.09. The molecule has 0 aromatic heterocycles. The molecule has 0 heterocycles. The molecule has 0 amide bonds. The molecule has 0 saturated carbocycles. The third-order valence-electron chi connectivity index (χ3n) is 5.10. The van der Waals surface area contributed by atoms with E-state index in [2.05, 4.69) is 121 Å². The van der Waals surface area contributed by atoms with Gasteiger partial charge in [-0.25, -0.2) is 0 Å². The first-order valence-corrected chi connectivity index (χ1v) is 9.12.